The number of amides is 2. The smallest absolute Gasteiger partial charge is 0.315 e. The van der Waals surface area contributed by atoms with Crippen LogP contribution >= 0.6 is 0 Å². The Morgan fingerprint density at radius 2 is 1.54 bits per heavy atom. The van der Waals surface area contributed by atoms with E-state index in [1.165, 1.54) is 12.1 Å². The first-order chi connectivity index (χ1) is 12.6. The van der Waals surface area contributed by atoms with Gasteiger partial charge in [0.2, 0.25) is 0 Å². The van der Waals surface area contributed by atoms with Crippen LogP contribution in [-0.2, 0) is 13.0 Å². The first-order valence-electron chi connectivity index (χ1n) is 8.12. The molecule has 0 saturated carbocycles. The standard InChI is InChI=1S/C19H23FN2O4/c1-24-16-11-18(26-3)17(25-2)10-14(16)12-22-19(23)21-9-8-13-4-6-15(20)7-5-13/h4-7,10-11H,8-9,12H2,1-3H3,(H2,21,22,23). The molecule has 0 aliphatic rings. The van der Waals surface area contributed by atoms with Crippen LogP contribution in [0, 0.1) is 5.82 Å². The SMILES string of the molecule is COc1cc(OC)c(OC)cc1CNC(=O)NCCc1ccc(F)cc1. The summed E-state index contributed by atoms with van der Waals surface area (Å²) < 4.78 is 28.7. The summed E-state index contributed by atoms with van der Waals surface area (Å²) in [5.74, 6) is 1.43. The van der Waals surface area contributed by atoms with E-state index in [-0.39, 0.29) is 18.4 Å². The second-order valence-electron chi connectivity index (χ2n) is 5.50. The summed E-state index contributed by atoms with van der Waals surface area (Å²) in [6, 6.07) is 9.37. The molecule has 2 rings (SSSR count). The number of benzene rings is 2. The fraction of sp³-hybridized carbons (Fsp3) is 0.316. The number of nitrogens with one attached hydrogen (secondary N) is 2. The highest BCUT2D eigenvalue weighted by molar-refractivity contribution is 5.74. The normalized spacial score (nSPS) is 10.2. The van der Waals surface area contributed by atoms with E-state index >= 15 is 0 Å². The van der Waals surface area contributed by atoms with Crippen LogP contribution < -0.4 is 24.8 Å². The maximum absolute atomic E-state index is 12.9. The number of methoxy groups -OCH3 is 3. The third-order valence-corrected chi connectivity index (χ3v) is 3.84. The van der Waals surface area contributed by atoms with E-state index in [2.05, 4.69) is 10.6 Å². The zero-order chi connectivity index (χ0) is 18.9. The molecule has 0 fully saturated rings. The number of hydrogen-bond donors (Lipinski definition) is 2. The van der Waals surface area contributed by atoms with E-state index in [1.807, 2.05) is 0 Å². The first-order valence-corrected chi connectivity index (χ1v) is 8.12. The summed E-state index contributed by atoms with van der Waals surface area (Å²) in [5.41, 5.74) is 1.71. The monoisotopic (exact) mass is 362 g/mol. The van der Waals surface area contributed by atoms with Crippen LogP contribution in [0.15, 0.2) is 36.4 Å². The lowest BCUT2D eigenvalue weighted by Crippen LogP contribution is -2.36. The zero-order valence-electron chi connectivity index (χ0n) is 15.1. The van der Waals surface area contributed by atoms with Crippen molar-refractivity contribution in [1.29, 1.82) is 0 Å². The molecule has 7 heteroatoms. The van der Waals surface area contributed by atoms with E-state index in [0.29, 0.717) is 30.2 Å². The number of rotatable bonds is 8. The summed E-state index contributed by atoms with van der Waals surface area (Å²) in [6.45, 7) is 0.715. The second-order valence-corrected chi connectivity index (χ2v) is 5.50. The fourth-order valence-electron chi connectivity index (χ4n) is 2.44. The lowest BCUT2D eigenvalue weighted by molar-refractivity contribution is 0.240. The number of halogens is 1. The molecule has 2 amide bonds. The van der Waals surface area contributed by atoms with Crippen LogP contribution in [0.4, 0.5) is 9.18 Å². The van der Waals surface area contributed by atoms with Crippen molar-refractivity contribution in [3.8, 4) is 17.2 Å². The lowest BCUT2D eigenvalue weighted by atomic mass is 10.1. The Balaban J connectivity index is 1.87. The van der Waals surface area contributed by atoms with Crippen LogP contribution in [0.1, 0.15) is 11.1 Å². The highest BCUT2D eigenvalue weighted by Crippen LogP contribution is 2.34. The lowest BCUT2D eigenvalue weighted by Gasteiger charge is -2.15. The third kappa shape index (κ3) is 5.27. The van der Waals surface area contributed by atoms with Crippen molar-refractivity contribution in [2.45, 2.75) is 13.0 Å². The van der Waals surface area contributed by atoms with E-state index in [1.54, 1.807) is 45.6 Å². The van der Waals surface area contributed by atoms with Crippen molar-refractivity contribution in [3.05, 3.63) is 53.3 Å². The number of urea groups is 1. The van der Waals surface area contributed by atoms with Gasteiger partial charge in [0.25, 0.3) is 0 Å². The van der Waals surface area contributed by atoms with Gasteiger partial charge in [-0.25, -0.2) is 9.18 Å². The van der Waals surface area contributed by atoms with Gasteiger partial charge in [0, 0.05) is 24.7 Å². The van der Waals surface area contributed by atoms with Gasteiger partial charge in [0.1, 0.15) is 11.6 Å². The molecular formula is C19H23FN2O4. The Morgan fingerprint density at radius 1 is 0.923 bits per heavy atom. The first kappa shape index (κ1) is 19.4. The summed E-state index contributed by atoms with van der Waals surface area (Å²) in [4.78, 5) is 12.0. The quantitative estimate of drug-likeness (QED) is 0.758. The Morgan fingerprint density at radius 3 is 2.15 bits per heavy atom. The molecule has 0 unspecified atom stereocenters. The maximum Gasteiger partial charge on any atom is 0.315 e. The van der Waals surface area contributed by atoms with Gasteiger partial charge in [-0.1, -0.05) is 12.1 Å². The van der Waals surface area contributed by atoms with Gasteiger partial charge in [-0.15, -0.1) is 0 Å². The molecule has 0 aromatic heterocycles. The largest absolute Gasteiger partial charge is 0.496 e. The van der Waals surface area contributed by atoms with E-state index in [9.17, 15) is 9.18 Å². The van der Waals surface area contributed by atoms with Crippen molar-refractivity contribution in [2.75, 3.05) is 27.9 Å². The summed E-state index contributed by atoms with van der Waals surface area (Å²) in [5, 5.41) is 5.54. The van der Waals surface area contributed by atoms with Crippen LogP contribution in [0.3, 0.4) is 0 Å². The Hall–Kier alpha value is -2.96. The Kier molecular flexibility index (Phi) is 7.08. The molecule has 0 aliphatic carbocycles. The maximum atomic E-state index is 12.9. The molecule has 26 heavy (non-hydrogen) atoms. The minimum Gasteiger partial charge on any atom is -0.496 e. The van der Waals surface area contributed by atoms with Gasteiger partial charge in [0.05, 0.1) is 21.3 Å². The highest BCUT2D eigenvalue weighted by atomic mass is 19.1. The summed E-state index contributed by atoms with van der Waals surface area (Å²) in [7, 11) is 4.64. The predicted octanol–water partition coefficient (Wildman–Crippen LogP) is 2.89. The molecule has 0 radical (unpaired) electrons. The van der Waals surface area contributed by atoms with Crippen molar-refractivity contribution in [3.63, 3.8) is 0 Å². The van der Waals surface area contributed by atoms with Gasteiger partial charge in [-0.3, -0.25) is 0 Å². The fourth-order valence-corrected chi connectivity index (χ4v) is 2.44. The van der Waals surface area contributed by atoms with Crippen LogP contribution in [0.2, 0.25) is 0 Å². The van der Waals surface area contributed by atoms with Crippen LogP contribution in [-0.4, -0.2) is 33.9 Å². The minimum absolute atomic E-state index is 0.270. The van der Waals surface area contributed by atoms with Crippen molar-refractivity contribution in [2.24, 2.45) is 0 Å². The number of carbonyl (C=O) groups is 1. The summed E-state index contributed by atoms with van der Waals surface area (Å²) >= 11 is 0. The molecule has 2 N–H and O–H groups in total. The molecule has 0 heterocycles. The number of carbonyl (C=O) groups excluding carboxylic acids is 1. The Labute approximate surface area is 152 Å². The third-order valence-electron chi connectivity index (χ3n) is 3.84. The Bertz CT molecular complexity index is 735. The van der Waals surface area contributed by atoms with E-state index in [4.69, 9.17) is 14.2 Å². The van der Waals surface area contributed by atoms with Crippen molar-refractivity contribution < 1.29 is 23.4 Å². The molecule has 0 saturated heterocycles. The van der Waals surface area contributed by atoms with Gasteiger partial charge < -0.3 is 24.8 Å². The van der Waals surface area contributed by atoms with Crippen molar-refractivity contribution >= 4 is 6.03 Å². The molecule has 2 aromatic rings. The highest BCUT2D eigenvalue weighted by Gasteiger charge is 2.12. The average Bonchev–Trinajstić information content (AvgIpc) is 2.67. The molecular weight excluding hydrogens is 339 g/mol. The molecule has 0 aliphatic heterocycles. The topological polar surface area (TPSA) is 68.8 Å². The van der Waals surface area contributed by atoms with Gasteiger partial charge in [-0.05, 0) is 30.2 Å². The van der Waals surface area contributed by atoms with Crippen molar-refractivity contribution in [1.82, 2.24) is 10.6 Å². The molecule has 6 nitrogen and oxygen atoms in total. The second kappa shape index (κ2) is 9.50. The molecule has 0 bridgehead atoms. The zero-order valence-corrected chi connectivity index (χ0v) is 15.1. The summed E-state index contributed by atoms with van der Waals surface area (Å²) in [6.07, 6.45) is 0.618. The minimum atomic E-state index is -0.302. The van der Waals surface area contributed by atoms with Gasteiger partial charge in [0.15, 0.2) is 11.5 Å². The van der Waals surface area contributed by atoms with Crippen LogP contribution in [0.5, 0.6) is 17.2 Å². The molecule has 0 atom stereocenters. The van der Waals surface area contributed by atoms with E-state index in [0.717, 1.165) is 11.1 Å². The molecule has 140 valence electrons. The number of ether oxygens (including phenoxy) is 3. The molecule has 0 spiro atoms. The van der Waals surface area contributed by atoms with E-state index < -0.39 is 0 Å². The molecule has 2 aromatic carbocycles. The predicted molar refractivity (Wildman–Crippen MR) is 96.4 cm³/mol. The van der Waals surface area contributed by atoms with Gasteiger partial charge >= 0.3 is 6.03 Å². The average molecular weight is 362 g/mol. The van der Waals surface area contributed by atoms with Crippen LogP contribution in [0.25, 0.3) is 0 Å². The number of hydrogen-bond acceptors (Lipinski definition) is 4. The van der Waals surface area contributed by atoms with Gasteiger partial charge in [-0.2, -0.15) is 0 Å².